The maximum atomic E-state index is 12.3. The van der Waals surface area contributed by atoms with Crippen molar-refractivity contribution in [3.05, 3.63) is 52.0 Å². The third kappa shape index (κ3) is 3.82. The van der Waals surface area contributed by atoms with E-state index in [1.165, 1.54) is 5.56 Å². The van der Waals surface area contributed by atoms with Crippen LogP contribution >= 0.6 is 0 Å². The SMILES string of the molecule is Cc1ncn(CC2CCN(Cc3ccnnc3)CC2)c(=O)c1C. The molecule has 3 rings (SSSR count). The first-order valence-corrected chi connectivity index (χ1v) is 8.14. The van der Waals surface area contributed by atoms with Crippen molar-refractivity contribution in [1.82, 2.24) is 24.6 Å². The smallest absolute Gasteiger partial charge is 0.256 e. The van der Waals surface area contributed by atoms with Gasteiger partial charge in [0.25, 0.3) is 5.56 Å². The zero-order valence-electron chi connectivity index (χ0n) is 13.8. The summed E-state index contributed by atoms with van der Waals surface area (Å²) in [5.74, 6) is 0.545. The van der Waals surface area contributed by atoms with Gasteiger partial charge in [0.05, 0.1) is 12.5 Å². The van der Waals surface area contributed by atoms with Crippen LogP contribution in [-0.4, -0.2) is 37.7 Å². The average molecular weight is 313 g/mol. The van der Waals surface area contributed by atoms with Crippen LogP contribution < -0.4 is 5.56 Å². The molecule has 2 aromatic heterocycles. The minimum atomic E-state index is 0.0998. The molecule has 6 nitrogen and oxygen atoms in total. The molecule has 1 saturated heterocycles. The van der Waals surface area contributed by atoms with Gasteiger partial charge in [-0.05, 0) is 57.3 Å². The minimum Gasteiger partial charge on any atom is -0.299 e. The van der Waals surface area contributed by atoms with Gasteiger partial charge in [0.15, 0.2) is 0 Å². The van der Waals surface area contributed by atoms with Crippen molar-refractivity contribution >= 4 is 0 Å². The number of hydrogen-bond acceptors (Lipinski definition) is 5. The van der Waals surface area contributed by atoms with Gasteiger partial charge in [0.2, 0.25) is 0 Å². The molecule has 1 fully saturated rings. The van der Waals surface area contributed by atoms with E-state index in [1.807, 2.05) is 26.1 Å². The summed E-state index contributed by atoms with van der Waals surface area (Å²) in [6, 6.07) is 2.01. The van der Waals surface area contributed by atoms with Crippen LogP contribution in [0.1, 0.15) is 29.7 Å². The quantitative estimate of drug-likeness (QED) is 0.857. The highest BCUT2D eigenvalue weighted by Gasteiger charge is 2.20. The molecule has 23 heavy (non-hydrogen) atoms. The molecule has 0 N–H and O–H groups in total. The van der Waals surface area contributed by atoms with Crippen LogP contribution in [0, 0.1) is 19.8 Å². The van der Waals surface area contributed by atoms with E-state index in [4.69, 9.17) is 0 Å². The lowest BCUT2D eigenvalue weighted by atomic mass is 9.96. The highest BCUT2D eigenvalue weighted by molar-refractivity contribution is 5.12. The Labute approximate surface area is 136 Å². The first-order valence-electron chi connectivity index (χ1n) is 8.14. The Hall–Kier alpha value is -2.08. The van der Waals surface area contributed by atoms with Gasteiger partial charge in [-0.1, -0.05) is 0 Å². The maximum absolute atomic E-state index is 12.3. The second-order valence-corrected chi connectivity index (χ2v) is 6.38. The number of likely N-dealkylation sites (tertiary alicyclic amines) is 1. The predicted octanol–water partition coefficient (Wildman–Crippen LogP) is 1.56. The lowest BCUT2D eigenvalue weighted by Gasteiger charge is -2.32. The van der Waals surface area contributed by atoms with Crippen molar-refractivity contribution in [3.8, 4) is 0 Å². The van der Waals surface area contributed by atoms with E-state index in [1.54, 1.807) is 17.1 Å². The largest absolute Gasteiger partial charge is 0.299 e. The van der Waals surface area contributed by atoms with Crippen molar-refractivity contribution in [1.29, 1.82) is 0 Å². The normalized spacial score (nSPS) is 16.6. The van der Waals surface area contributed by atoms with Crippen molar-refractivity contribution in [2.45, 2.75) is 39.8 Å². The van der Waals surface area contributed by atoms with Crippen molar-refractivity contribution in [2.24, 2.45) is 5.92 Å². The average Bonchev–Trinajstić information content (AvgIpc) is 2.58. The Kier molecular flexibility index (Phi) is 4.81. The van der Waals surface area contributed by atoms with E-state index in [-0.39, 0.29) is 5.56 Å². The molecule has 2 aromatic rings. The van der Waals surface area contributed by atoms with Crippen molar-refractivity contribution in [3.63, 3.8) is 0 Å². The van der Waals surface area contributed by atoms with E-state index in [2.05, 4.69) is 20.1 Å². The minimum absolute atomic E-state index is 0.0998. The van der Waals surface area contributed by atoms with Gasteiger partial charge in [-0.25, -0.2) is 4.98 Å². The van der Waals surface area contributed by atoms with Crippen molar-refractivity contribution < 1.29 is 0 Å². The van der Waals surface area contributed by atoms with Gasteiger partial charge in [-0.15, -0.1) is 0 Å². The lowest BCUT2D eigenvalue weighted by Crippen LogP contribution is -2.36. The van der Waals surface area contributed by atoms with E-state index in [0.717, 1.165) is 50.3 Å². The highest BCUT2D eigenvalue weighted by Crippen LogP contribution is 2.20. The monoisotopic (exact) mass is 313 g/mol. The number of piperidine rings is 1. The zero-order chi connectivity index (χ0) is 16.2. The summed E-state index contributed by atoms with van der Waals surface area (Å²) in [6.07, 6.45) is 7.48. The Morgan fingerprint density at radius 1 is 1.22 bits per heavy atom. The van der Waals surface area contributed by atoms with Crippen molar-refractivity contribution in [2.75, 3.05) is 13.1 Å². The summed E-state index contributed by atoms with van der Waals surface area (Å²) in [7, 11) is 0. The molecule has 0 amide bonds. The second-order valence-electron chi connectivity index (χ2n) is 6.38. The van der Waals surface area contributed by atoms with Gasteiger partial charge in [-0.3, -0.25) is 14.3 Å². The third-order valence-corrected chi connectivity index (χ3v) is 4.73. The molecule has 3 heterocycles. The summed E-state index contributed by atoms with van der Waals surface area (Å²) in [5.41, 5.74) is 2.89. The highest BCUT2D eigenvalue weighted by atomic mass is 16.1. The molecule has 0 bridgehead atoms. The van der Waals surface area contributed by atoms with Gasteiger partial charge >= 0.3 is 0 Å². The van der Waals surface area contributed by atoms with Gasteiger partial charge < -0.3 is 0 Å². The maximum Gasteiger partial charge on any atom is 0.256 e. The fourth-order valence-corrected chi connectivity index (χ4v) is 3.08. The molecule has 0 saturated carbocycles. The van der Waals surface area contributed by atoms with Gasteiger partial charge in [-0.2, -0.15) is 10.2 Å². The van der Waals surface area contributed by atoms with Crippen LogP contribution in [0.2, 0.25) is 0 Å². The predicted molar refractivity (Wildman–Crippen MR) is 88.0 cm³/mol. The molecule has 0 aliphatic carbocycles. The van der Waals surface area contributed by atoms with Crippen LogP contribution in [0.25, 0.3) is 0 Å². The summed E-state index contributed by atoms with van der Waals surface area (Å²) >= 11 is 0. The molecule has 1 aliphatic rings. The van der Waals surface area contributed by atoms with E-state index >= 15 is 0 Å². The van der Waals surface area contributed by atoms with Crippen LogP contribution in [0.15, 0.2) is 29.6 Å². The molecule has 0 radical (unpaired) electrons. The zero-order valence-corrected chi connectivity index (χ0v) is 13.8. The van der Waals surface area contributed by atoms with Crippen LogP contribution in [-0.2, 0) is 13.1 Å². The Morgan fingerprint density at radius 2 is 2.00 bits per heavy atom. The number of nitrogens with zero attached hydrogens (tertiary/aromatic N) is 5. The van der Waals surface area contributed by atoms with Crippen LogP contribution in [0.4, 0.5) is 0 Å². The van der Waals surface area contributed by atoms with E-state index in [0.29, 0.717) is 5.92 Å². The Bertz CT molecular complexity index is 705. The second kappa shape index (κ2) is 7.00. The molecule has 0 aromatic carbocycles. The molecular weight excluding hydrogens is 290 g/mol. The number of aromatic nitrogens is 4. The van der Waals surface area contributed by atoms with Gasteiger partial charge in [0.1, 0.15) is 0 Å². The van der Waals surface area contributed by atoms with E-state index < -0.39 is 0 Å². The van der Waals surface area contributed by atoms with E-state index in [9.17, 15) is 4.79 Å². The summed E-state index contributed by atoms with van der Waals surface area (Å²) in [5, 5.41) is 7.74. The molecular formula is C17H23N5O. The summed E-state index contributed by atoms with van der Waals surface area (Å²) < 4.78 is 1.77. The summed E-state index contributed by atoms with van der Waals surface area (Å²) in [6.45, 7) is 7.55. The lowest BCUT2D eigenvalue weighted by molar-refractivity contribution is 0.166. The third-order valence-electron chi connectivity index (χ3n) is 4.73. The molecule has 6 heteroatoms. The number of hydrogen-bond donors (Lipinski definition) is 0. The molecule has 0 atom stereocenters. The number of rotatable bonds is 4. The molecule has 1 aliphatic heterocycles. The van der Waals surface area contributed by atoms with Crippen LogP contribution in [0.5, 0.6) is 0 Å². The Balaban J connectivity index is 1.55. The fraction of sp³-hybridized carbons (Fsp3) is 0.529. The van der Waals surface area contributed by atoms with Gasteiger partial charge in [0, 0.05) is 30.5 Å². The summed E-state index contributed by atoms with van der Waals surface area (Å²) in [4.78, 5) is 19.0. The molecule has 0 spiro atoms. The molecule has 122 valence electrons. The first-order chi connectivity index (χ1) is 11.1. The Morgan fingerprint density at radius 3 is 2.70 bits per heavy atom. The number of aryl methyl sites for hydroxylation is 1. The fourth-order valence-electron chi connectivity index (χ4n) is 3.08. The van der Waals surface area contributed by atoms with Crippen LogP contribution in [0.3, 0.4) is 0 Å². The topological polar surface area (TPSA) is 63.9 Å². The standard InChI is InChI=1S/C17H23N5O/c1-13-14(2)18-12-22(17(13)23)11-15-4-7-21(8-5-15)10-16-3-6-19-20-9-16/h3,6,9,12,15H,4-5,7-8,10-11H2,1-2H3. The molecule has 0 unspecified atom stereocenters. The first kappa shape index (κ1) is 15.8.